The predicted molar refractivity (Wildman–Crippen MR) is 75.0 cm³/mol. The summed E-state index contributed by atoms with van der Waals surface area (Å²) < 4.78 is 0. The van der Waals surface area contributed by atoms with Crippen molar-refractivity contribution in [3.63, 3.8) is 0 Å². The van der Waals surface area contributed by atoms with Crippen LogP contribution in [0.15, 0.2) is 0 Å². The van der Waals surface area contributed by atoms with E-state index in [2.05, 4.69) is 30.9 Å². The summed E-state index contributed by atoms with van der Waals surface area (Å²) in [5.41, 5.74) is 7.34. The number of hydrogen-bond acceptors (Lipinski definition) is 4. The Morgan fingerprint density at radius 3 is 2.38 bits per heavy atom. The number of nitrogens with two attached hydrogens (primary N) is 1. The first kappa shape index (κ1) is 16.0. The Bertz CT molecular complexity index is 348. The van der Waals surface area contributed by atoms with Crippen molar-refractivity contribution in [1.82, 2.24) is 9.88 Å². The Kier molecular flexibility index (Phi) is 5.53. The maximum absolute atomic E-state index is 5.77. The van der Waals surface area contributed by atoms with E-state index < -0.39 is 0 Å². The average Bonchev–Trinajstić information content (AvgIpc) is 2.68. The van der Waals surface area contributed by atoms with Crippen LogP contribution in [0.1, 0.15) is 30.3 Å². The summed E-state index contributed by atoms with van der Waals surface area (Å²) in [6.07, 6.45) is 2.57. The molecule has 94 valence electrons. The molecule has 0 aliphatic heterocycles. The van der Waals surface area contributed by atoms with E-state index in [4.69, 9.17) is 5.73 Å². The second kappa shape index (κ2) is 5.54. The summed E-state index contributed by atoms with van der Waals surface area (Å²) in [5.74, 6) is 0. The van der Waals surface area contributed by atoms with Crippen molar-refractivity contribution < 1.29 is 0 Å². The lowest BCUT2D eigenvalue weighted by Crippen LogP contribution is -2.14. The Morgan fingerprint density at radius 2 is 1.94 bits per heavy atom. The van der Waals surface area contributed by atoms with E-state index in [-0.39, 0.29) is 24.8 Å². The number of nitrogen functional groups attached to an aromatic ring is 1. The Morgan fingerprint density at radius 1 is 1.38 bits per heavy atom. The van der Waals surface area contributed by atoms with Crippen molar-refractivity contribution in [1.29, 1.82) is 0 Å². The van der Waals surface area contributed by atoms with Crippen LogP contribution in [-0.2, 0) is 12.0 Å². The summed E-state index contributed by atoms with van der Waals surface area (Å²) in [7, 11) is 4.13. The first-order chi connectivity index (χ1) is 6.51. The lowest BCUT2D eigenvalue weighted by atomic mass is 10.1. The second-order valence-corrected chi connectivity index (χ2v) is 5.66. The van der Waals surface area contributed by atoms with Gasteiger partial charge in [0, 0.05) is 16.8 Å². The van der Waals surface area contributed by atoms with E-state index in [1.807, 2.05) is 0 Å². The van der Waals surface area contributed by atoms with Crippen LogP contribution in [0.3, 0.4) is 0 Å². The van der Waals surface area contributed by atoms with E-state index in [0.29, 0.717) is 10.5 Å². The predicted octanol–water partition coefficient (Wildman–Crippen LogP) is 2.68. The minimum atomic E-state index is 0. The van der Waals surface area contributed by atoms with Crippen LogP contribution in [0.25, 0.3) is 0 Å². The van der Waals surface area contributed by atoms with Gasteiger partial charge in [-0.1, -0.05) is 6.92 Å². The van der Waals surface area contributed by atoms with E-state index in [9.17, 15) is 0 Å². The van der Waals surface area contributed by atoms with Gasteiger partial charge in [0.15, 0.2) is 5.13 Å². The van der Waals surface area contributed by atoms with Crippen molar-refractivity contribution in [2.24, 2.45) is 0 Å². The number of thiazole rings is 1. The topological polar surface area (TPSA) is 42.2 Å². The standard InChI is InChI=1S/C10H17N3S.2ClH/c1-10(4-5-10)8-7(6-13(2)3)12-9(11)14-8;;/h4-6H2,1-3H3,(H2,11,12);2*1H. The largest absolute Gasteiger partial charge is 0.375 e. The molecule has 16 heavy (non-hydrogen) atoms. The molecule has 0 saturated heterocycles. The van der Waals surface area contributed by atoms with Gasteiger partial charge in [-0.15, -0.1) is 36.2 Å². The number of halogens is 2. The van der Waals surface area contributed by atoms with E-state index in [1.165, 1.54) is 23.4 Å². The van der Waals surface area contributed by atoms with Crippen LogP contribution in [0.4, 0.5) is 5.13 Å². The highest BCUT2D eigenvalue weighted by atomic mass is 35.5. The molecule has 1 heterocycles. The van der Waals surface area contributed by atoms with Crippen molar-refractivity contribution in [3.8, 4) is 0 Å². The third kappa shape index (κ3) is 3.23. The number of aromatic nitrogens is 1. The number of nitrogens with zero attached hydrogens (tertiary/aromatic N) is 2. The van der Waals surface area contributed by atoms with Gasteiger partial charge in [-0.25, -0.2) is 4.98 Å². The maximum atomic E-state index is 5.77. The van der Waals surface area contributed by atoms with E-state index in [0.717, 1.165) is 6.54 Å². The summed E-state index contributed by atoms with van der Waals surface area (Å²) >= 11 is 1.67. The van der Waals surface area contributed by atoms with Gasteiger partial charge in [-0.05, 0) is 26.9 Å². The lowest BCUT2D eigenvalue weighted by molar-refractivity contribution is 0.395. The minimum Gasteiger partial charge on any atom is -0.375 e. The number of hydrogen-bond donors (Lipinski definition) is 1. The van der Waals surface area contributed by atoms with Gasteiger partial charge in [0.25, 0.3) is 0 Å². The maximum Gasteiger partial charge on any atom is 0.180 e. The Hall–Kier alpha value is -0.0300. The number of anilines is 1. The molecule has 1 aromatic heterocycles. The van der Waals surface area contributed by atoms with E-state index >= 15 is 0 Å². The summed E-state index contributed by atoms with van der Waals surface area (Å²) in [4.78, 5) is 7.96. The van der Waals surface area contributed by atoms with Crippen LogP contribution in [0, 0.1) is 0 Å². The summed E-state index contributed by atoms with van der Waals surface area (Å²) in [5, 5.41) is 0.713. The molecule has 0 amide bonds. The Balaban J connectivity index is 0.00000112. The smallest absolute Gasteiger partial charge is 0.180 e. The van der Waals surface area contributed by atoms with Crippen molar-refractivity contribution in [3.05, 3.63) is 10.6 Å². The molecule has 2 N–H and O–H groups in total. The third-order valence-electron chi connectivity index (χ3n) is 2.73. The SMILES string of the molecule is CN(C)Cc1nc(N)sc1C1(C)CC1.Cl.Cl. The molecule has 1 aromatic rings. The van der Waals surface area contributed by atoms with Crippen molar-refractivity contribution in [2.45, 2.75) is 31.7 Å². The molecule has 1 aliphatic rings. The molecule has 1 aliphatic carbocycles. The van der Waals surface area contributed by atoms with Gasteiger partial charge < -0.3 is 10.6 Å². The van der Waals surface area contributed by atoms with Gasteiger partial charge in [-0.2, -0.15) is 0 Å². The zero-order valence-corrected chi connectivity index (χ0v) is 12.3. The van der Waals surface area contributed by atoms with Crippen molar-refractivity contribution in [2.75, 3.05) is 19.8 Å². The highest BCUT2D eigenvalue weighted by molar-refractivity contribution is 7.15. The van der Waals surface area contributed by atoms with Crippen LogP contribution in [-0.4, -0.2) is 24.0 Å². The molecule has 3 nitrogen and oxygen atoms in total. The monoisotopic (exact) mass is 283 g/mol. The third-order valence-corrected chi connectivity index (χ3v) is 3.96. The first-order valence-electron chi connectivity index (χ1n) is 4.92. The first-order valence-corrected chi connectivity index (χ1v) is 5.73. The molecule has 6 heteroatoms. The highest BCUT2D eigenvalue weighted by Crippen LogP contribution is 2.51. The quantitative estimate of drug-likeness (QED) is 0.928. The van der Waals surface area contributed by atoms with Gasteiger partial charge in [0.1, 0.15) is 0 Å². The van der Waals surface area contributed by atoms with Gasteiger partial charge in [0.05, 0.1) is 5.69 Å². The zero-order valence-electron chi connectivity index (χ0n) is 9.82. The molecule has 0 unspecified atom stereocenters. The normalized spacial score (nSPS) is 16.5. The fraction of sp³-hybridized carbons (Fsp3) is 0.700. The number of rotatable bonds is 3. The lowest BCUT2D eigenvalue weighted by Gasteiger charge is -2.11. The molecule has 2 rings (SSSR count). The minimum absolute atomic E-state index is 0. The molecule has 0 spiro atoms. The summed E-state index contributed by atoms with van der Waals surface area (Å²) in [6.45, 7) is 3.21. The Labute approximate surface area is 113 Å². The molecule has 0 bridgehead atoms. The van der Waals surface area contributed by atoms with Gasteiger partial charge in [-0.3, -0.25) is 0 Å². The molecule has 0 radical (unpaired) electrons. The van der Waals surface area contributed by atoms with Crippen LogP contribution in [0.5, 0.6) is 0 Å². The van der Waals surface area contributed by atoms with Gasteiger partial charge in [0.2, 0.25) is 0 Å². The van der Waals surface area contributed by atoms with E-state index in [1.54, 1.807) is 11.3 Å². The van der Waals surface area contributed by atoms with Crippen molar-refractivity contribution >= 4 is 41.3 Å². The fourth-order valence-corrected chi connectivity index (χ4v) is 2.71. The van der Waals surface area contributed by atoms with Gasteiger partial charge >= 0.3 is 0 Å². The molecule has 0 aromatic carbocycles. The molecular formula is C10H19Cl2N3S. The molecule has 1 saturated carbocycles. The summed E-state index contributed by atoms with van der Waals surface area (Å²) in [6, 6.07) is 0. The molecular weight excluding hydrogens is 265 g/mol. The van der Waals surface area contributed by atoms with Crippen LogP contribution >= 0.6 is 36.2 Å². The molecule has 0 atom stereocenters. The average molecular weight is 284 g/mol. The van der Waals surface area contributed by atoms with Crippen LogP contribution in [0.2, 0.25) is 0 Å². The molecule has 1 fully saturated rings. The zero-order chi connectivity index (χ0) is 10.3. The fourth-order valence-electron chi connectivity index (χ4n) is 1.66. The van der Waals surface area contributed by atoms with Crippen LogP contribution < -0.4 is 5.73 Å². The highest BCUT2D eigenvalue weighted by Gasteiger charge is 2.42. The second-order valence-electron chi connectivity index (χ2n) is 4.63.